The molecule has 0 bridgehead atoms. The molecule has 1 heterocycles. The van der Waals surface area contributed by atoms with E-state index in [1.807, 2.05) is 26.0 Å². The van der Waals surface area contributed by atoms with Crippen LogP contribution in [0.15, 0.2) is 28.7 Å². The van der Waals surface area contributed by atoms with Crippen LogP contribution in [0.1, 0.15) is 21.6 Å². The number of pyridine rings is 1. The highest BCUT2D eigenvalue weighted by Gasteiger charge is 2.15. The van der Waals surface area contributed by atoms with Crippen LogP contribution in [-0.2, 0) is 0 Å². The summed E-state index contributed by atoms with van der Waals surface area (Å²) in [6, 6.07) is 7.01. The number of aryl methyl sites for hydroxylation is 2. The Morgan fingerprint density at radius 3 is 2.70 bits per heavy atom. The fourth-order valence-electron chi connectivity index (χ4n) is 1.86. The van der Waals surface area contributed by atoms with Gasteiger partial charge in [-0.2, -0.15) is 0 Å². The summed E-state index contributed by atoms with van der Waals surface area (Å²) in [5, 5.41) is 3.06. The van der Waals surface area contributed by atoms with Crippen LogP contribution in [0.25, 0.3) is 0 Å². The summed E-state index contributed by atoms with van der Waals surface area (Å²) in [5.41, 5.74) is 8.44. The van der Waals surface area contributed by atoms with E-state index in [2.05, 4.69) is 26.2 Å². The molecule has 104 valence electrons. The second-order valence-corrected chi connectivity index (χ2v) is 5.72. The standard InChI is InChI=1S/C14H13BrClN3O/c1-7-5-8(2)12(9(15)6-7)19-14(20)13-10(16)3-4-11(17)18-13/h3-6H,1-2H3,(H2,17,18)(H,19,20). The van der Waals surface area contributed by atoms with Crippen molar-refractivity contribution in [1.29, 1.82) is 0 Å². The molecular formula is C14H13BrClN3O. The van der Waals surface area contributed by atoms with E-state index >= 15 is 0 Å². The molecule has 0 aliphatic heterocycles. The number of nitrogens with zero attached hydrogens (tertiary/aromatic N) is 1. The number of anilines is 2. The number of aromatic nitrogens is 1. The molecule has 1 aromatic carbocycles. The molecular weight excluding hydrogens is 342 g/mol. The van der Waals surface area contributed by atoms with Gasteiger partial charge in [0.25, 0.3) is 5.91 Å². The van der Waals surface area contributed by atoms with Crippen molar-refractivity contribution in [1.82, 2.24) is 4.98 Å². The fourth-order valence-corrected chi connectivity index (χ4v) is 2.83. The molecule has 1 amide bonds. The molecule has 0 aliphatic carbocycles. The molecule has 0 spiro atoms. The van der Waals surface area contributed by atoms with Crippen LogP contribution in [0.2, 0.25) is 5.02 Å². The zero-order valence-corrected chi connectivity index (χ0v) is 13.3. The van der Waals surface area contributed by atoms with Crippen LogP contribution < -0.4 is 11.1 Å². The van der Waals surface area contributed by atoms with Crippen LogP contribution in [0.4, 0.5) is 11.5 Å². The number of amides is 1. The zero-order valence-electron chi connectivity index (χ0n) is 11.0. The SMILES string of the molecule is Cc1cc(C)c(NC(=O)c2nc(N)ccc2Cl)c(Br)c1. The van der Waals surface area contributed by atoms with E-state index in [0.29, 0.717) is 5.69 Å². The number of nitrogens with one attached hydrogen (secondary N) is 1. The van der Waals surface area contributed by atoms with Gasteiger partial charge in [-0.25, -0.2) is 4.98 Å². The lowest BCUT2D eigenvalue weighted by atomic mass is 10.1. The van der Waals surface area contributed by atoms with Gasteiger partial charge in [0.1, 0.15) is 11.5 Å². The van der Waals surface area contributed by atoms with Gasteiger partial charge in [0.15, 0.2) is 0 Å². The van der Waals surface area contributed by atoms with E-state index in [-0.39, 0.29) is 16.5 Å². The van der Waals surface area contributed by atoms with E-state index in [1.165, 1.54) is 0 Å². The molecule has 0 atom stereocenters. The van der Waals surface area contributed by atoms with Crippen LogP contribution in [-0.4, -0.2) is 10.9 Å². The van der Waals surface area contributed by atoms with Crippen LogP contribution >= 0.6 is 27.5 Å². The van der Waals surface area contributed by atoms with Crippen molar-refractivity contribution < 1.29 is 4.79 Å². The zero-order chi connectivity index (χ0) is 14.9. The van der Waals surface area contributed by atoms with Gasteiger partial charge in [0, 0.05) is 4.47 Å². The molecule has 2 aromatic rings. The number of hydrogen-bond donors (Lipinski definition) is 2. The summed E-state index contributed by atoms with van der Waals surface area (Å²) in [4.78, 5) is 16.2. The van der Waals surface area contributed by atoms with Crippen molar-refractivity contribution in [2.45, 2.75) is 13.8 Å². The summed E-state index contributed by atoms with van der Waals surface area (Å²) in [7, 11) is 0. The van der Waals surface area contributed by atoms with Crippen molar-refractivity contribution in [3.8, 4) is 0 Å². The van der Waals surface area contributed by atoms with E-state index < -0.39 is 5.91 Å². The molecule has 20 heavy (non-hydrogen) atoms. The van der Waals surface area contributed by atoms with Gasteiger partial charge in [-0.3, -0.25) is 4.79 Å². The Morgan fingerprint density at radius 2 is 2.05 bits per heavy atom. The number of carbonyl (C=O) groups is 1. The quantitative estimate of drug-likeness (QED) is 0.858. The molecule has 0 fully saturated rings. The van der Waals surface area contributed by atoms with Crippen molar-refractivity contribution in [3.63, 3.8) is 0 Å². The molecule has 0 aliphatic rings. The van der Waals surface area contributed by atoms with Crippen molar-refractivity contribution in [2.24, 2.45) is 0 Å². The van der Waals surface area contributed by atoms with Gasteiger partial charge in [-0.05, 0) is 59.1 Å². The molecule has 0 saturated carbocycles. The lowest BCUT2D eigenvalue weighted by Gasteiger charge is -2.12. The Hall–Kier alpha value is -1.59. The highest BCUT2D eigenvalue weighted by atomic mass is 79.9. The number of benzene rings is 1. The van der Waals surface area contributed by atoms with Crippen LogP contribution in [0, 0.1) is 13.8 Å². The number of halogens is 2. The third kappa shape index (κ3) is 3.11. The Bertz CT molecular complexity index is 665. The highest BCUT2D eigenvalue weighted by Crippen LogP contribution is 2.28. The van der Waals surface area contributed by atoms with Gasteiger partial charge in [0.05, 0.1) is 10.7 Å². The molecule has 4 nitrogen and oxygen atoms in total. The molecule has 0 radical (unpaired) electrons. The van der Waals surface area contributed by atoms with Gasteiger partial charge in [-0.15, -0.1) is 0 Å². The first kappa shape index (κ1) is 14.8. The normalized spacial score (nSPS) is 10.4. The molecule has 2 rings (SSSR count). The van der Waals surface area contributed by atoms with Crippen molar-refractivity contribution in [2.75, 3.05) is 11.1 Å². The van der Waals surface area contributed by atoms with Gasteiger partial charge >= 0.3 is 0 Å². The van der Waals surface area contributed by atoms with Crippen LogP contribution in [0.5, 0.6) is 0 Å². The van der Waals surface area contributed by atoms with Gasteiger partial charge < -0.3 is 11.1 Å². The molecule has 3 N–H and O–H groups in total. The Labute approximate surface area is 130 Å². The topological polar surface area (TPSA) is 68.0 Å². The predicted octanol–water partition coefficient (Wildman–Crippen LogP) is 3.95. The fraction of sp³-hybridized carbons (Fsp3) is 0.143. The van der Waals surface area contributed by atoms with Crippen LogP contribution in [0.3, 0.4) is 0 Å². The number of rotatable bonds is 2. The first-order valence-electron chi connectivity index (χ1n) is 5.88. The molecule has 6 heteroatoms. The summed E-state index contributed by atoms with van der Waals surface area (Å²) in [6.45, 7) is 3.90. The highest BCUT2D eigenvalue weighted by molar-refractivity contribution is 9.10. The lowest BCUT2D eigenvalue weighted by Crippen LogP contribution is -2.16. The van der Waals surface area contributed by atoms with E-state index in [9.17, 15) is 4.79 Å². The predicted molar refractivity (Wildman–Crippen MR) is 85.2 cm³/mol. The summed E-state index contributed by atoms with van der Waals surface area (Å²) < 4.78 is 0.809. The second-order valence-electron chi connectivity index (χ2n) is 4.46. The lowest BCUT2D eigenvalue weighted by molar-refractivity contribution is 0.102. The summed E-state index contributed by atoms with van der Waals surface area (Å²) >= 11 is 9.41. The average molecular weight is 355 g/mol. The minimum atomic E-state index is -0.394. The van der Waals surface area contributed by atoms with E-state index in [1.54, 1.807) is 12.1 Å². The second kappa shape index (κ2) is 5.81. The van der Waals surface area contributed by atoms with E-state index in [4.69, 9.17) is 17.3 Å². The Balaban J connectivity index is 2.35. The molecule has 0 unspecified atom stereocenters. The van der Waals surface area contributed by atoms with Gasteiger partial charge in [-0.1, -0.05) is 17.7 Å². The number of nitrogen functional groups attached to an aromatic ring is 1. The first-order chi connectivity index (χ1) is 9.38. The maximum atomic E-state index is 12.2. The van der Waals surface area contributed by atoms with Crippen molar-refractivity contribution in [3.05, 3.63) is 50.6 Å². The largest absolute Gasteiger partial charge is 0.384 e. The third-order valence-electron chi connectivity index (χ3n) is 2.75. The molecule has 0 saturated heterocycles. The maximum Gasteiger partial charge on any atom is 0.275 e. The minimum absolute atomic E-state index is 0.110. The Kier molecular flexibility index (Phi) is 4.30. The number of hydrogen-bond acceptors (Lipinski definition) is 3. The summed E-state index contributed by atoms with van der Waals surface area (Å²) in [6.07, 6.45) is 0. The Morgan fingerprint density at radius 1 is 1.35 bits per heavy atom. The first-order valence-corrected chi connectivity index (χ1v) is 7.05. The monoisotopic (exact) mass is 353 g/mol. The number of carbonyl (C=O) groups excluding carboxylic acids is 1. The third-order valence-corrected chi connectivity index (χ3v) is 3.68. The number of nitrogens with two attached hydrogens (primary N) is 1. The molecule has 1 aromatic heterocycles. The smallest absolute Gasteiger partial charge is 0.275 e. The minimum Gasteiger partial charge on any atom is -0.384 e. The average Bonchev–Trinajstić information content (AvgIpc) is 2.36. The maximum absolute atomic E-state index is 12.2. The van der Waals surface area contributed by atoms with E-state index in [0.717, 1.165) is 15.6 Å². The van der Waals surface area contributed by atoms with Crippen molar-refractivity contribution >= 4 is 44.9 Å². The van der Waals surface area contributed by atoms with Gasteiger partial charge in [0.2, 0.25) is 0 Å². The summed E-state index contributed by atoms with van der Waals surface area (Å²) in [5.74, 6) is -0.144.